The summed E-state index contributed by atoms with van der Waals surface area (Å²) in [6, 6.07) is 11.7. The van der Waals surface area contributed by atoms with E-state index in [4.69, 9.17) is 4.74 Å². The summed E-state index contributed by atoms with van der Waals surface area (Å²) in [4.78, 5) is 18.9. The Hall–Kier alpha value is -2.60. The van der Waals surface area contributed by atoms with E-state index in [1.54, 1.807) is 0 Å². The molecule has 0 unspecified atom stereocenters. The third-order valence-electron chi connectivity index (χ3n) is 4.81. The summed E-state index contributed by atoms with van der Waals surface area (Å²) in [5, 5.41) is 6.15. The molecule has 1 fully saturated rings. The number of nitrogens with one attached hydrogen (secondary N) is 2. The third kappa shape index (κ3) is 7.06. The maximum atomic E-state index is 11.9. The van der Waals surface area contributed by atoms with Gasteiger partial charge in [0.1, 0.15) is 11.4 Å². The molecule has 2 heterocycles. The molecule has 1 aliphatic rings. The average molecular weight is 397 g/mol. The quantitative estimate of drug-likeness (QED) is 0.720. The molecule has 6 nitrogen and oxygen atoms in total. The van der Waals surface area contributed by atoms with E-state index in [9.17, 15) is 4.79 Å². The van der Waals surface area contributed by atoms with E-state index in [1.807, 2.05) is 57.3 Å². The van der Waals surface area contributed by atoms with E-state index in [0.29, 0.717) is 5.69 Å². The number of likely N-dealkylation sites (tertiary alicyclic amines) is 1. The minimum atomic E-state index is -0.515. The van der Waals surface area contributed by atoms with Crippen molar-refractivity contribution in [1.29, 1.82) is 0 Å². The van der Waals surface area contributed by atoms with Gasteiger partial charge in [-0.05, 0) is 76.5 Å². The molecule has 1 saturated heterocycles. The Kier molecular flexibility index (Phi) is 7.09. The summed E-state index contributed by atoms with van der Waals surface area (Å²) in [7, 11) is 0. The molecule has 0 bridgehead atoms. The number of ether oxygens (including phenoxy) is 1. The molecule has 29 heavy (non-hydrogen) atoms. The van der Waals surface area contributed by atoms with Gasteiger partial charge >= 0.3 is 6.09 Å². The van der Waals surface area contributed by atoms with E-state index < -0.39 is 11.7 Å². The van der Waals surface area contributed by atoms with Crippen molar-refractivity contribution in [3.05, 3.63) is 42.6 Å². The van der Waals surface area contributed by atoms with Gasteiger partial charge in [0.15, 0.2) is 0 Å². The lowest BCUT2D eigenvalue weighted by molar-refractivity contribution is 0.0636. The highest BCUT2D eigenvalue weighted by Gasteiger charge is 2.16. The first kappa shape index (κ1) is 21.1. The minimum absolute atomic E-state index is 0.452. The molecule has 2 aromatic rings. The number of nitrogens with zero attached hydrogens (tertiary/aromatic N) is 2. The summed E-state index contributed by atoms with van der Waals surface area (Å²) in [6.45, 7) is 9.94. The smallest absolute Gasteiger partial charge is 0.412 e. The van der Waals surface area contributed by atoms with Gasteiger partial charge in [-0.1, -0.05) is 18.6 Å². The molecule has 1 amide bonds. The van der Waals surface area contributed by atoms with Crippen molar-refractivity contribution in [2.24, 2.45) is 0 Å². The first-order valence-corrected chi connectivity index (χ1v) is 10.4. The molecule has 6 heteroatoms. The molecule has 3 rings (SSSR count). The zero-order chi connectivity index (χ0) is 20.7. The fourth-order valence-electron chi connectivity index (χ4n) is 3.36. The minimum Gasteiger partial charge on any atom is -0.444 e. The maximum absolute atomic E-state index is 11.9. The van der Waals surface area contributed by atoms with Crippen molar-refractivity contribution in [2.45, 2.75) is 45.6 Å². The highest BCUT2D eigenvalue weighted by molar-refractivity contribution is 5.85. The van der Waals surface area contributed by atoms with Crippen molar-refractivity contribution in [3.8, 4) is 11.1 Å². The van der Waals surface area contributed by atoms with Crippen molar-refractivity contribution in [1.82, 2.24) is 9.88 Å². The second-order valence-corrected chi connectivity index (χ2v) is 8.47. The summed E-state index contributed by atoms with van der Waals surface area (Å²) in [6.07, 6.45) is 5.43. The fraction of sp³-hybridized carbons (Fsp3) is 0.478. The van der Waals surface area contributed by atoms with E-state index in [2.05, 4.69) is 26.6 Å². The lowest BCUT2D eigenvalue weighted by Gasteiger charge is -2.26. The summed E-state index contributed by atoms with van der Waals surface area (Å²) in [5.74, 6) is 0.897. The van der Waals surface area contributed by atoms with Crippen LogP contribution in [0.3, 0.4) is 0 Å². The van der Waals surface area contributed by atoms with Crippen LogP contribution in [-0.2, 0) is 4.74 Å². The summed E-state index contributed by atoms with van der Waals surface area (Å²) in [5.41, 5.74) is 2.27. The Morgan fingerprint density at radius 3 is 2.34 bits per heavy atom. The first-order chi connectivity index (χ1) is 13.9. The molecule has 2 N–H and O–H groups in total. The number of piperidine rings is 1. The molecule has 1 aliphatic heterocycles. The number of carbonyl (C=O) groups excluding carboxylic acids is 1. The number of anilines is 2. The Labute approximate surface area is 173 Å². The second-order valence-electron chi connectivity index (χ2n) is 8.47. The van der Waals surface area contributed by atoms with Crippen LogP contribution in [0.4, 0.5) is 16.3 Å². The molecule has 1 aromatic carbocycles. The standard InChI is InChI=1S/C23H32N4O2/c1-23(2,3)29-22(28)26-20-10-7-18(8-11-20)19-9-12-21(25-17-19)24-13-16-27-14-5-4-6-15-27/h7-12,17H,4-6,13-16H2,1-3H3,(H,24,25)(H,26,28). The molecular formula is C23H32N4O2. The molecule has 0 atom stereocenters. The van der Waals surface area contributed by atoms with Crippen molar-refractivity contribution >= 4 is 17.6 Å². The predicted octanol–water partition coefficient (Wildman–Crippen LogP) is 4.99. The van der Waals surface area contributed by atoms with Gasteiger partial charge in [-0.2, -0.15) is 0 Å². The second kappa shape index (κ2) is 9.74. The van der Waals surface area contributed by atoms with Crippen molar-refractivity contribution in [3.63, 3.8) is 0 Å². The van der Waals surface area contributed by atoms with Gasteiger partial charge in [-0.25, -0.2) is 9.78 Å². The molecule has 1 aromatic heterocycles. The van der Waals surface area contributed by atoms with Gasteiger partial charge in [-0.15, -0.1) is 0 Å². The fourth-order valence-corrected chi connectivity index (χ4v) is 3.36. The molecular weight excluding hydrogens is 364 g/mol. The number of pyridine rings is 1. The Morgan fingerprint density at radius 2 is 1.72 bits per heavy atom. The van der Waals surface area contributed by atoms with Crippen LogP contribution in [0.5, 0.6) is 0 Å². The van der Waals surface area contributed by atoms with E-state index in [0.717, 1.165) is 30.0 Å². The lowest BCUT2D eigenvalue weighted by atomic mass is 10.1. The molecule has 0 spiro atoms. The van der Waals surface area contributed by atoms with Crippen LogP contribution in [0.2, 0.25) is 0 Å². The SMILES string of the molecule is CC(C)(C)OC(=O)Nc1ccc(-c2ccc(NCCN3CCCCC3)nc2)cc1. The number of aromatic nitrogens is 1. The number of benzene rings is 1. The summed E-state index contributed by atoms with van der Waals surface area (Å²) < 4.78 is 5.27. The maximum Gasteiger partial charge on any atom is 0.412 e. The molecule has 0 radical (unpaired) electrons. The topological polar surface area (TPSA) is 66.5 Å². The van der Waals surface area contributed by atoms with Gasteiger partial charge in [-0.3, -0.25) is 5.32 Å². The van der Waals surface area contributed by atoms with Crippen LogP contribution in [-0.4, -0.2) is 47.8 Å². The molecule has 156 valence electrons. The van der Waals surface area contributed by atoms with Gasteiger partial charge in [0.25, 0.3) is 0 Å². The largest absolute Gasteiger partial charge is 0.444 e. The predicted molar refractivity (Wildman–Crippen MR) is 118 cm³/mol. The first-order valence-electron chi connectivity index (χ1n) is 10.4. The van der Waals surface area contributed by atoms with Crippen LogP contribution in [0, 0.1) is 0 Å². The number of hydrogen-bond donors (Lipinski definition) is 2. The highest BCUT2D eigenvalue weighted by atomic mass is 16.6. The Balaban J connectivity index is 1.49. The van der Waals surface area contributed by atoms with Crippen molar-refractivity contribution < 1.29 is 9.53 Å². The normalized spacial score (nSPS) is 15.0. The van der Waals surface area contributed by atoms with Gasteiger partial charge in [0.05, 0.1) is 0 Å². The van der Waals surface area contributed by atoms with E-state index >= 15 is 0 Å². The zero-order valence-corrected chi connectivity index (χ0v) is 17.7. The van der Waals surface area contributed by atoms with Gasteiger partial charge in [0, 0.05) is 30.5 Å². The number of hydrogen-bond acceptors (Lipinski definition) is 5. The van der Waals surface area contributed by atoms with Crippen LogP contribution in [0.25, 0.3) is 11.1 Å². The zero-order valence-electron chi connectivity index (χ0n) is 17.7. The Morgan fingerprint density at radius 1 is 1.03 bits per heavy atom. The Bertz CT molecular complexity index is 776. The van der Waals surface area contributed by atoms with Gasteiger partial charge in [0.2, 0.25) is 0 Å². The number of carbonyl (C=O) groups is 1. The van der Waals surface area contributed by atoms with Crippen molar-refractivity contribution in [2.75, 3.05) is 36.8 Å². The molecule has 0 aliphatic carbocycles. The van der Waals surface area contributed by atoms with E-state index in [1.165, 1.54) is 32.4 Å². The summed E-state index contributed by atoms with van der Waals surface area (Å²) >= 11 is 0. The van der Waals surface area contributed by atoms with Crippen LogP contribution in [0.1, 0.15) is 40.0 Å². The van der Waals surface area contributed by atoms with Crippen LogP contribution in [0.15, 0.2) is 42.6 Å². The number of amides is 1. The number of rotatable bonds is 6. The van der Waals surface area contributed by atoms with Crippen LogP contribution < -0.4 is 10.6 Å². The lowest BCUT2D eigenvalue weighted by Crippen LogP contribution is -2.33. The molecule has 0 saturated carbocycles. The monoisotopic (exact) mass is 396 g/mol. The average Bonchev–Trinajstić information content (AvgIpc) is 2.68. The van der Waals surface area contributed by atoms with Crippen LogP contribution >= 0.6 is 0 Å². The van der Waals surface area contributed by atoms with Gasteiger partial charge < -0.3 is 15.0 Å². The van der Waals surface area contributed by atoms with E-state index in [-0.39, 0.29) is 0 Å². The third-order valence-corrected chi connectivity index (χ3v) is 4.81. The highest BCUT2D eigenvalue weighted by Crippen LogP contribution is 2.22.